The highest BCUT2D eigenvalue weighted by Crippen LogP contribution is 2.25. The summed E-state index contributed by atoms with van der Waals surface area (Å²) >= 11 is 1.55. The van der Waals surface area contributed by atoms with E-state index in [0.29, 0.717) is 31.3 Å². The first kappa shape index (κ1) is 16.1. The van der Waals surface area contributed by atoms with Gasteiger partial charge in [0.1, 0.15) is 6.04 Å². The number of carbonyl (C=O) groups is 3. The number of aliphatic carboxylic acids is 1. The molecule has 2 aliphatic rings. The number of carboxylic acid groups (broad SMARTS) is 1. The summed E-state index contributed by atoms with van der Waals surface area (Å²) in [5.74, 6) is 0.0206. The Morgan fingerprint density at radius 2 is 2.14 bits per heavy atom. The maximum Gasteiger partial charge on any atom is 0.327 e. The van der Waals surface area contributed by atoms with Crippen molar-refractivity contribution in [2.24, 2.45) is 11.8 Å². The third-order valence-electron chi connectivity index (χ3n) is 3.85. The van der Waals surface area contributed by atoms with Gasteiger partial charge in [0.2, 0.25) is 11.8 Å². The molecule has 2 saturated heterocycles. The van der Waals surface area contributed by atoms with Gasteiger partial charge in [-0.3, -0.25) is 9.59 Å². The molecule has 0 aliphatic carbocycles. The molecular formula is C14H22N2O4S. The summed E-state index contributed by atoms with van der Waals surface area (Å²) in [6.07, 6.45) is 0.210. The summed E-state index contributed by atoms with van der Waals surface area (Å²) in [6, 6.07) is -0.759. The standard InChI is InChI=1S/C14H22N2O4S/c1-9(2)6-15-7-10(5-12(15)17)13(18)16-3-4-21-8-11(16)14(19)20/h9-11H,3-8H2,1-2H3,(H,19,20). The molecule has 21 heavy (non-hydrogen) atoms. The van der Waals surface area contributed by atoms with Crippen molar-refractivity contribution < 1.29 is 19.5 Å². The van der Waals surface area contributed by atoms with Gasteiger partial charge in [0.25, 0.3) is 0 Å². The van der Waals surface area contributed by atoms with Gasteiger partial charge in [0.05, 0.1) is 5.92 Å². The highest BCUT2D eigenvalue weighted by molar-refractivity contribution is 7.99. The Hall–Kier alpha value is -1.24. The Kier molecular flexibility index (Phi) is 5.13. The second-order valence-electron chi connectivity index (χ2n) is 6.05. The van der Waals surface area contributed by atoms with Gasteiger partial charge >= 0.3 is 5.97 Å². The molecule has 0 bridgehead atoms. The number of rotatable bonds is 4. The minimum atomic E-state index is -0.959. The maximum absolute atomic E-state index is 12.6. The molecule has 0 spiro atoms. The monoisotopic (exact) mass is 314 g/mol. The molecule has 0 aromatic heterocycles. The molecule has 0 saturated carbocycles. The van der Waals surface area contributed by atoms with E-state index in [2.05, 4.69) is 0 Å². The minimum Gasteiger partial charge on any atom is -0.480 e. The van der Waals surface area contributed by atoms with Crippen LogP contribution in [-0.2, 0) is 14.4 Å². The maximum atomic E-state index is 12.6. The second-order valence-corrected chi connectivity index (χ2v) is 7.20. The molecule has 2 unspecified atom stereocenters. The van der Waals surface area contributed by atoms with Crippen LogP contribution in [0.15, 0.2) is 0 Å². The summed E-state index contributed by atoms with van der Waals surface area (Å²) in [7, 11) is 0. The summed E-state index contributed by atoms with van der Waals surface area (Å²) in [5, 5.41) is 9.24. The van der Waals surface area contributed by atoms with E-state index in [1.807, 2.05) is 13.8 Å². The number of carboxylic acids is 1. The van der Waals surface area contributed by atoms with Crippen LogP contribution in [0.4, 0.5) is 0 Å². The van der Waals surface area contributed by atoms with E-state index in [0.717, 1.165) is 5.75 Å². The van der Waals surface area contributed by atoms with Crippen LogP contribution < -0.4 is 0 Å². The van der Waals surface area contributed by atoms with Crippen LogP contribution in [0, 0.1) is 11.8 Å². The SMILES string of the molecule is CC(C)CN1CC(C(=O)N2CCSCC2C(=O)O)CC1=O. The number of hydrogen-bond donors (Lipinski definition) is 1. The molecule has 0 aromatic rings. The number of amides is 2. The summed E-state index contributed by atoms with van der Waals surface area (Å²) in [5.41, 5.74) is 0. The van der Waals surface area contributed by atoms with Crippen LogP contribution in [0.2, 0.25) is 0 Å². The number of carbonyl (C=O) groups excluding carboxylic acids is 2. The van der Waals surface area contributed by atoms with E-state index in [1.165, 1.54) is 4.90 Å². The van der Waals surface area contributed by atoms with E-state index < -0.39 is 12.0 Å². The van der Waals surface area contributed by atoms with Crippen LogP contribution in [-0.4, -0.2) is 69.9 Å². The molecule has 2 rings (SSSR count). The fourth-order valence-corrected chi connectivity index (χ4v) is 3.90. The molecule has 2 aliphatic heterocycles. The summed E-state index contributed by atoms with van der Waals surface area (Å²) in [4.78, 5) is 39.0. The molecule has 2 heterocycles. The number of hydrogen-bond acceptors (Lipinski definition) is 4. The molecule has 0 aromatic carbocycles. The van der Waals surface area contributed by atoms with Crippen LogP contribution in [0.25, 0.3) is 0 Å². The lowest BCUT2D eigenvalue weighted by atomic mass is 10.1. The second kappa shape index (κ2) is 6.68. The predicted molar refractivity (Wildman–Crippen MR) is 80.0 cm³/mol. The highest BCUT2D eigenvalue weighted by atomic mass is 32.2. The Labute approximate surface area is 128 Å². The lowest BCUT2D eigenvalue weighted by Gasteiger charge is -2.34. The quantitative estimate of drug-likeness (QED) is 0.818. The molecule has 1 N–H and O–H groups in total. The van der Waals surface area contributed by atoms with E-state index in [4.69, 9.17) is 0 Å². The zero-order chi connectivity index (χ0) is 15.6. The van der Waals surface area contributed by atoms with Crippen molar-refractivity contribution >= 4 is 29.5 Å². The van der Waals surface area contributed by atoms with E-state index in [-0.39, 0.29) is 24.2 Å². The number of likely N-dealkylation sites (tertiary alicyclic amines) is 1. The smallest absolute Gasteiger partial charge is 0.327 e. The van der Waals surface area contributed by atoms with Crippen LogP contribution in [0.3, 0.4) is 0 Å². The van der Waals surface area contributed by atoms with Crippen molar-refractivity contribution in [2.75, 3.05) is 31.1 Å². The van der Waals surface area contributed by atoms with Gasteiger partial charge < -0.3 is 14.9 Å². The van der Waals surface area contributed by atoms with Gasteiger partial charge in [-0.05, 0) is 5.92 Å². The molecule has 0 radical (unpaired) electrons. The molecular weight excluding hydrogens is 292 g/mol. The Bertz CT molecular complexity index is 441. The minimum absolute atomic E-state index is 0.000287. The van der Waals surface area contributed by atoms with Crippen molar-refractivity contribution in [1.82, 2.24) is 9.80 Å². The van der Waals surface area contributed by atoms with Crippen molar-refractivity contribution in [3.8, 4) is 0 Å². The Morgan fingerprint density at radius 3 is 2.76 bits per heavy atom. The molecule has 2 amide bonds. The Morgan fingerprint density at radius 1 is 1.43 bits per heavy atom. The van der Waals surface area contributed by atoms with E-state index in [1.54, 1.807) is 16.7 Å². The van der Waals surface area contributed by atoms with Gasteiger partial charge in [-0.1, -0.05) is 13.8 Å². The zero-order valence-corrected chi connectivity index (χ0v) is 13.3. The fourth-order valence-electron chi connectivity index (χ4n) is 2.86. The van der Waals surface area contributed by atoms with Crippen molar-refractivity contribution in [3.05, 3.63) is 0 Å². The lowest BCUT2D eigenvalue weighted by molar-refractivity contribution is -0.150. The zero-order valence-electron chi connectivity index (χ0n) is 12.4. The van der Waals surface area contributed by atoms with Crippen LogP contribution in [0.5, 0.6) is 0 Å². The van der Waals surface area contributed by atoms with Gasteiger partial charge in [0.15, 0.2) is 0 Å². The molecule has 2 atom stereocenters. The first-order chi connectivity index (χ1) is 9.90. The summed E-state index contributed by atoms with van der Waals surface area (Å²) < 4.78 is 0. The van der Waals surface area contributed by atoms with Crippen LogP contribution in [0.1, 0.15) is 20.3 Å². The fraction of sp³-hybridized carbons (Fsp3) is 0.786. The summed E-state index contributed by atoms with van der Waals surface area (Å²) in [6.45, 7) is 5.59. The lowest BCUT2D eigenvalue weighted by Crippen LogP contribution is -2.52. The third kappa shape index (κ3) is 3.70. The van der Waals surface area contributed by atoms with Gasteiger partial charge in [-0.25, -0.2) is 4.79 Å². The van der Waals surface area contributed by atoms with Crippen LogP contribution >= 0.6 is 11.8 Å². The Balaban J connectivity index is 2.02. The van der Waals surface area contributed by atoms with Gasteiger partial charge in [-0.2, -0.15) is 11.8 Å². The van der Waals surface area contributed by atoms with Gasteiger partial charge in [0, 0.05) is 37.6 Å². The van der Waals surface area contributed by atoms with Crippen molar-refractivity contribution in [1.29, 1.82) is 0 Å². The van der Waals surface area contributed by atoms with E-state index in [9.17, 15) is 19.5 Å². The molecule has 6 nitrogen and oxygen atoms in total. The average molecular weight is 314 g/mol. The highest BCUT2D eigenvalue weighted by Gasteiger charge is 2.40. The van der Waals surface area contributed by atoms with E-state index >= 15 is 0 Å². The molecule has 118 valence electrons. The number of thioether (sulfide) groups is 1. The van der Waals surface area contributed by atoms with Gasteiger partial charge in [-0.15, -0.1) is 0 Å². The van der Waals surface area contributed by atoms with Crippen molar-refractivity contribution in [3.63, 3.8) is 0 Å². The average Bonchev–Trinajstić information content (AvgIpc) is 2.78. The predicted octanol–water partition coefficient (Wildman–Crippen LogP) is 0.520. The first-order valence-corrected chi connectivity index (χ1v) is 8.44. The first-order valence-electron chi connectivity index (χ1n) is 7.29. The third-order valence-corrected chi connectivity index (χ3v) is 4.87. The number of nitrogens with zero attached hydrogens (tertiary/aromatic N) is 2. The largest absolute Gasteiger partial charge is 0.480 e. The molecule has 7 heteroatoms. The normalized spacial score (nSPS) is 26.5. The van der Waals surface area contributed by atoms with Crippen molar-refractivity contribution in [2.45, 2.75) is 26.3 Å². The molecule has 2 fully saturated rings. The topological polar surface area (TPSA) is 77.9 Å².